The second kappa shape index (κ2) is 8.22. The van der Waals surface area contributed by atoms with Gasteiger partial charge in [-0.3, -0.25) is 9.59 Å². The van der Waals surface area contributed by atoms with Crippen LogP contribution in [0.1, 0.15) is 29.8 Å². The minimum Gasteiger partial charge on any atom is -0.350 e. The van der Waals surface area contributed by atoms with Crippen LogP contribution in [0.15, 0.2) is 75.4 Å². The topological polar surface area (TPSA) is 64.0 Å². The molecule has 5 nitrogen and oxygen atoms in total. The first-order valence-corrected chi connectivity index (χ1v) is 9.50. The average Bonchev–Trinajstić information content (AvgIpc) is 2.65. The summed E-state index contributed by atoms with van der Waals surface area (Å²) in [6.45, 7) is 5.86. The third-order valence-electron chi connectivity index (χ3n) is 3.81. The first-order valence-electron chi connectivity index (χ1n) is 8.68. The molecule has 138 valence electrons. The van der Waals surface area contributed by atoms with Crippen LogP contribution in [0.25, 0.3) is 5.69 Å². The predicted molar refractivity (Wildman–Crippen MR) is 108 cm³/mol. The second-order valence-corrected chi connectivity index (χ2v) is 7.61. The van der Waals surface area contributed by atoms with Crippen molar-refractivity contribution in [3.8, 4) is 5.69 Å². The molecular weight excluding hydrogens is 358 g/mol. The largest absolute Gasteiger partial charge is 0.350 e. The molecule has 0 spiro atoms. The van der Waals surface area contributed by atoms with E-state index < -0.39 is 0 Å². The van der Waals surface area contributed by atoms with Crippen LogP contribution in [0, 0.1) is 6.92 Å². The highest BCUT2D eigenvalue weighted by Gasteiger charge is 2.09. The summed E-state index contributed by atoms with van der Waals surface area (Å²) in [5.41, 5.74) is 2.14. The molecule has 2 aromatic carbocycles. The quantitative estimate of drug-likeness (QED) is 0.732. The Kier molecular flexibility index (Phi) is 5.76. The van der Waals surface area contributed by atoms with Gasteiger partial charge in [0.2, 0.25) is 0 Å². The summed E-state index contributed by atoms with van der Waals surface area (Å²) in [4.78, 5) is 25.4. The fourth-order valence-electron chi connectivity index (χ4n) is 2.46. The average molecular weight is 379 g/mol. The minimum atomic E-state index is -0.220. The van der Waals surface area contributed by atoms with Gasteiger partial charge in [0.25, 0.3) is 11.5 Å². The smallest absolute Gasteiger partial charge is 0.271 e. The van der Waals surface area contributed by atoms with E-state index in [1.807, 2.05) is 45.0 Å². The summed E-state index contributed by atoms with van der Waals surface area (Å²) < 4.78 is 1.35. The van der Waals surface area contributed by atoms with Gasteiger partial charge in [-0.2, -0.15) is 9.78 Å². The lowest BCUT2D eigenvalue weighted by Crippen LogP contribution is -2.30. The minimum absolute atomic E-state index is 0.0666. The highest BCUT2D eigenvalue weighted by atomic mass is 32.2. The van der Waals surface area contributed by atoms with E-state index in [0.29, 0.717) is 11.3 Å². The number of nitrogens with zero attached hydrogens (tertiary/aromatic N) is 2. The fraction of sp³-hybridized carbons (Fsp3) is 0.190. The van der Waals surface area contributed by atoms with Gasteiger partial charge in [0.1, 0.15) is 5.03 Å². The summed E-state index contributed by atoms with van der Waals surface area (Å²) in [6.07, 6.45) is 0. The third-order valence-corrected chi connectivity index (χ3v) is 4.75. The Morgan fingerprint density at radius 2 is 1.67 bits per heavy atom. The van der Waals surface area contributed by atoms with Crippen molar-refractivity contribution in [1.82, 2.24) is 15.1 Å². The van der Waals surface area contributed by atoms with E-state index in [4.69, 9.17) is 0 Å². The zero-order valence-corrected chi connectivity index (χ0v) is 16.3. The van der Waals surface area contributed by atoms with Gasteiger partial charge >= 0.3 is 0 Å². The molecule has 27 heavy (non-hydrogen) atoms. The third kappa shape index (κ3) is 4.86. The van der Waals surface area contributed by atoms with Gasteiger partial charge < -0.3 is 5.32 Å². The molecule has 1 N–H and O–H groups in total. The van der Waals surface area contributed by atoms with Crippen molar-refractivity contribution in [3.63, 3.8) is 0 Å². The molecule has 0 atom stereocenters. The van der Waals surface area contributed by atoms with Crippen LogP contribution < -0.4 is 10.9 Å². The molecule has 0 aliphatic rings. The zero-order chi connectivity index (χ0) is 19.4. The predicted octanol–water partition coefficient (Wildman–Crippen LogP) is 3.83. The summed E-state index contributed by atoms with van der Waals surface area (Å²) >= 11 is 1.49. The number of hydrogen-bond donors (Lipinski definition) is 1. The molecule has 1 aromatic heterocycles. The number of hydrogen-bond acceptors (Lipinski definition) is 4. The van der Waals surface area contributed by atoms with E-state index in [1.165, 1.54) is 28.1 Å². The molecule has 0 aliphatic carbocycles. The van der Waals surface area contributed by atoms with Crippen molar-refractivity contribution in [3.05, 3.63) is 82.1 Å². The van der Waals surface area contributed by atoms with Crippen LogP contribution in [0.3, 0.4) is 0 Å². The Morgan fingerprint density at radius 3 is 2.30 bits per heavy atom. The maximum Gasteiger partial charge on any atom is 0.271 e. The highest BCUT2D eigenvalue weighted by Crippen LogP contribution is 2.25. The number of aromatic nitrogens is 2. The van der Waals surface area contributed by atoms with Gasteiger partial charge in [-0.05, 0) is 63.2 Å². The molecule has 3 aromatic rings. The van der Waals surface area contributed by atoms with E-state index >= 15 is 0 Å². The van der Waals surface area contributed by atoms with E-state index in [-0.39, 0.29) is 17.5 Å². The molecule has 0 saturated carbocycles. The Bertz CT molecular complexity index is 993. The number of rotatable bonds is 5. The van der Waals surface area contributed by atoms with E-state index in [9.17, 15) is 9.59 Å². The van der Waals surface area contributed by atoms with Gasteiger partial charge in [-0.15, -0.1) is 0 Å². The molecule has 0 saturated heterocycles. The highest BCUT2D eigenvalue weighted by molar-refractivity contribution is 7.99. The van der Waals surface area contributed by atoms with Gasteiger partial charge in [0.15, 0.2) is 0 Å². The summed E-state index contributed by atoms with van der Waals surface area (Å²) in [7, 11) is 0. The molecule has 0 aliphatic heterocycles. The molecule has 1 heterocycles. The number of carbonyl (C=O) groups excluding carboxylic acids is 1. The van der Waals surface area contributed by atoms with Gasteiger partial charge in [-0.1, -0.05) is 29.5 Å². The van der Waals surface area contributed by atoms with Crippen LogP contribution in [0.4, 0.5) is 0 Å². The van der Waals surface area contributed by atoms with Crippen molar-refractivity contribution in [2.24, 2.45) is 0 Å². The van der Waals surface area contributed by atoms with E-state index in [2.05, 4.69) is 10.4 Å². The standard InChI is InChI=1S/C21H21N3O2S/c1-14(2)22-21(26)16-6-8-17(9-7-16)24-20(25)13-12-19(23-24)27-18-10-4-15(3)5-11-18/h4-14H,1-3H3,(H,22,26). The van der Waals surface area contributed by atoms with Gasteiger partial charge in [0, 0.05) is 22.6 Å². The molecule has 6 heteroatoms. The lowest BCUT2D eigenvalue weighted by Gasteiger charge is -2.10. The van der Waals surface area contributed by atoms with Crippen LogP contribution in [-0.4, -0.2) is 21.7 Å². The number of carbonyl (C=O) groups is 1. The fourth-order valence-corrected chi connectivity index (χ4v) is 3.23. The molecule has 0 radical (unpaired) electrons. The Hall–Kier alpha value is -2.86. The van der Waals surface area contributed by atoms with Crippen molar-refractivity contribution < 1.29 is 4.79 Å². The van der Waals surface area contributed by atoms with Crippen molar-refractivity contribution in [1.29, 1.82) is 0 Å². The van der Waals surface area contributed by atoms with Gasteiger partial charge in [-0.25, -0.2) is 0 Å². The second-order valence-electron chi connectivity index (χ2n) is 6.51. The lowest BCUT2D eigenvalue weighted by molar-refractivity contribution is 0.0943. The number of amides is 1. The Labute approximate surface area is 162 Å². The Morgan fingerprint density at radius 1 is 1.00 bits per heavy atom. The Balaban J connectivity index is 1.84. The van der Waals surface area contributed by atoms with Crippen LogP contribution in [0.5, 0.6) is 0 Å². The lowest BCUT2D eigenvalue weighted by atomic mass is 10.2. The van der Waals surface area contributed by atoms with Crippen LogP contribution in [-0.2, 0) is 0 Å². The first-order chi connectivity index (χ1) is 12.9. The number of benzene rings is 2. The van der Waals surface area contributed by atoms with Crippen LogP contribution >= 0.6 is 11.8 Å². The van der Waals surface area contributed by atoms with Crippen molar-refractivity contribution >= 4 is 17.7 Å². The van der Waals surface area contributed by atoms with Crippen molar-refractivity contribution in [2.45, 2.75) is 36.7 Å². The number of aryl methyl sites for hydroxylation is 1. The van der Waals surface area contributed by atoms with Gasteiger partial charge in [0.05, 0.1) is 5.69 Å². The molecule has 0 unspecified atom stereocenters. The van der Waals surface area contributed by atoms with Crippen LogP contribution in [0.2, 0.25) is 0 Å². The number of nitrogens with one attached hydrogen (secondary N) is 1. The maximum atomic E-state index is 12.2. The molecule has 0 bridgehead atoms. The van der Waals surface area contributed by atoms with E-state index in [1.54, 1.807) is 30.3 Å². The summed E-state index contributed by atoms with van der Waals surface area (Å²) in [5.74, 6) is -0.138. The molecular formula is C21H21N3O2S. The van der Waals surface area contributed by atoms with Crippen molar-refractivity contribution in [2.75, 3.05) is 0 Å². The van der Waals surface area contributed by atoms with E-state index in [0.717, 1.165) is 9.92 Å². The monoisotopic (exact) mass is 379 g/mol. The molecule has 1 amide bonds. The SMILES string of the molecule is Cc1ccc(Sc2ccc(=O)n(-c3ccc(C(=O)NC(C)C)cc3)n2)cc1. The normalized spacial score (nSPS) is 10.8. The maximum absolute atomic E-state index is 12.2. The zero-order valence-electron chi connectivity index (χ0n) is 15.5. The molecule has 3 rings (SSSR count). The molecule has 0 fully saturated rings. The summed E-state index contributed by atoms with van der Waals surface area (Å²) in [6, 6.07) is 18.3. The summed E-state index contributed by atoms with van der Waals surface area (Å²) in [5, 5.41) is 8.02. The first kappa shape index (κ1) is 18.9.